The van der Waals surface area contributed by atoms with Crippen molar-refractivity contribution in [3.05, 3.63) is 41.7 Å². The van der Waals surface area contributed by atoms with Crippen LogP contribution in [0.25, 0.3) is 4.96 Å². The van der Waals surface area contributed by atoms with Crippen LogP contribution in [0.5, 0.6) is 11.5 Å². The van der Waals surface area contributed by atoms with Gasteiger partial charge in [-0.25, -0.2) is 4.98 Å². The molecule has 9 heteroatoms. The Morgan fingerprint density at radius 2 is 2.22 bits per heavy atom. The summed E-state index contributed by atoms with van der Waals surface area (Å²) >= 11 is 1.54. The molecule has 4 heterocycles. The van der Waals surface area contributed by atoms with Crippen LogP contribution in [0, 0.1) is 5.92 Å². The van der Waals surface area contributed by atoms with Gasteiger partial charge in [-0.05, 0) is 12.1 Å². The predicted octanol–water partition coefficient (Wildman–Crippen LogP) is 1.79. The summed E-state index contributed by atoms with van der Waals surface area (Å²) in [5.41, 5.74) is 1.51. The minimum Gasteiger partial charge on any atom is -0.454 e. The second-order valence-corrected chi connectivity index (χ2v) is 7.36. The first-order valence-corrected chi connectivity index (χ1v) is 9.44. The Hall–Kier alpha value is -3.07. The number of benzene rings is 1. The predicted molar refractivity (Wildman–Crippen MR) is 97.9 cm³/mol. The molecule has 0 bridgehead atoms. The lowest BCUT2D eigenvalue weighted by Gasteiger charge is -2.17. The van der Waals surface area contributed by atoms with Gasteiger partial charge in [0, 0.05) is 42.5 Å². The van der Waals surface area contributed by atoms with Gasteiger partial charge in [0.2, 0.25) is 18.6 Å². The van der Waals surface area contributed by atoms with E-state index in [0.29, 0.717) is 30.3 Å². The van der Waals surface area contributed by atoms with Crippen molar-refractivity contribution < 1.29 is 19.1 Å². The smallest absolute Gasteiger partial charge is 0.231 e. The summed E-state index contributed by atoms with van der Waals surface area (Å²) < 4.78 is 12.6. The van der Waals surface area contributed by atoms with E-state index in [1.54, 1.807) is 28.4 Å². The number of fused-ring (bicyclic) bond motifs is 2. The quantitative estimate of drug-likeness (QED) is 0.741. The first kappa shape index (κ1) is 16.1. The summed E-state index contributed by atoms with van der Waals surface area (Å²) in [5, 5.41) is 4.85. The van der Waals surface area contributed by atoms with Crippen molar-refractivity contribution in [1.29, 1.82) is 0 Å². The number of rotatable bonds is 4. The molecule has 1 atom stereocenters. The van der Waals surface area contributed by atoms with Crippen LogP contribution in [0.3, 0.4) is 0 Å². The second kappa shape index (κ2) is 6.27. The SMILES string of the molecule is O=C(NCc1cn2ccsc2n1)C1CC(=O)N(c2ccc3c(c2)OCO3)C1. The molecule has 0 spiro atoms. The van der Waals surface area contributed by atoms with Gasteiger partial charge in [-0.3, -0.25) is 14.0 Å². The lowest BCUT2D eigenvalue weighted by atomic mass is 10.1. The van der Waals surface area contributed by atoms with Crippen LogP contribution in [-0.2, 0) is 16.1 Å². The van der Waals surface area contributed by atoms with Crippen LogP contribution in [-0.4, -0.2) is 34.5 Å². The Balaban J connectivity index is 1.24. The Kier molecular flexibility index (Phi) is 3.75. The highest BCUT2D eigenvalue weighted by molar-refractivity contribution is 7.15. The first-order chi connectivity index (χ1) is 13.2. The number of imidazole rings is 1. The number of thiazole rings is 1. The fraction of sp³-hybridized carbons (Fsp3) is 0.278. The Bertz CT molecular complexity index is 1010. The largest absolute Gasteiger partial charge is 0.454 e. The van der Waals surface area contributed by atoms with Crippen LogP contribution in [0.15, 0.2) is 36.0 Å². The lowest BCUT2D eigenvalue weighted by Crippen LogP contribution is -2.32. The van der Waals surface area contributed by atoms with Crippen molar-refractivity contribution in [3.8, 4) is 11.5 Å². The van der Waals surface area contributed by atoms with Gasteiger partial charge >= 0.3 is 0 Å². The maximum Gasteiger partial charge on any atom is 0.231 e. The lowest BCUT2D eigenvalue weighted by molar-refractivity contribution is -0.126. The number of carbonyl (C=O) groups is 2. The summed E-state index contributed by atoms with van der Waals surface area (Å²) in [4.78, 5) is 31.9. The summed E-state index contributed by atoms with van der Waals surface area (Å²) in [7, 11) is 0. The number of nitrogens with zero attached hydrogens (tertiary/aromatic N) is 3. The van der Waals surface area contributed by atoms with Crippen LogP contribution in [0.2, 0.25) is 0 Å². The fourth-order valence-corrected chi connectivity index (χ4v) is 4.09. The molecule has 0 aliphatic carbocycles. The summed E-state index contributed by atoms with van der Waals surface area (Å²) in [5.74, 6) is 0.693. The molecule has 2 amide bonds. The van der Waals surface area contributed by atoms with Gasteiger partial charge in [-0.2, -0.15) is 0 Å². The normalized spacial score (nSPS) is 18.4. The molecular formula is C18H16N4O4S. The van der Waals surface area contributed by atoms with E-state index in [9.17, 15) is 9.59 Å². The van der Waals surface area contributed by atoms with Crippen molar-refractivity contribution in [1.82, 2.24) is 14.7 Å². The molecule has 8 nitrogen and oxygen atoms in total. The number of hydrogen-bond acceptors (Lipinski definition) is 6. The molecule has 2 aromatic heterocycles. The molecule has 3 aromatic rings. The third kappa shape index (κ3) is 2.89. The number of nitrogens with one attached hydrogen (secondary N) is 1. The average molecular weight is 384 g/mol. The standard InChI is InChI=1S/C18H16N4O4S/c23-16-5-11(8-22(16)13-1-2-14-15(6-13)26-10-25-14)17(24)19-7-12-9-21-3-4-27-18(21)20-12/h1-4,6,9,11H,5,7-8,10H2,(H,19,24). The second-order valence-electron chi connectivity index (χ2n) is 6.49. The molecule has 1 unspecified atom stereocenters. The van der Waals surface area contributed by atoms with Gasteiger partial charge in [0.25, 0.3) is 0 Å². The maximum absolute atomic E-state index is 12.5. The number of ether oxygens (including phenoxy) is 2. The highest BCUT2D eigenvalue weighted by Crippen LogP contribution is 2.37. The minimum absolute atomic E-state index is 0.0727. The van der Waals surface area contributed by atoms with Crippen molar-refractivity contribution in [2.24, 2.45) is 5.92 Å². The van der Waals surface area contributed by atoms with Crippen LogP contribution in [0.4, 0.5) is 5.69 Å². The Labute approximate surface area is 158 Å². The van der Waals surface area contributed by atoms with Gasteiger partial charge < -0.3 is 19.7 Å². The van der Waals surface area contributed by atoms with E-state index < -0.39 is 0 Å². The van der Waals surface area contributed by atoms with Crippen molar-refractivity contribution in [3.63, 3.8) is 0 Å². The highest BCUT2D eigenvalue weighted by atomic mass is 32.1. The summed E-state index contributed by atoms with van der Waals surface area (Å²) in [6, 6.07) is 5.37. The van der Waals surface area contributed by atoms with Gasteiger partial charge in [0.05, 0.1) is 18.2 Å². The van der Waals surface area contributed by atoms with Gasteiger partial charge in [0.15, 0.2) is 16.5 Å². The molecule has 1 N–H and O–H groups in total. The van der Waals surface area contributed by atoms with Crippen molar-refractivity contribution in [2.75, 3.05) is 18.2 Å². The average Bonchev–Trinajstić information content (AvgIpc) is 3.41. The van der Waals surface area contributed by atoms with E-state index in [1.165, 1.54) is 0 Å². The molecule has 27 heavy (non-hydrogen) atoms. The molecule has 5 rings (SSSR count). The highest BCUT2D eigenvalue weighted by Gasteiger charge is 2.35. The zero-order valence-electron chi connectivity index (χ0n) is 14.3. The number of aromatic nitrogens is 2. The van der Waals surface area contributed by atoms with E-state index >= 15 is 0 Å². The number of anilines is 1. The topological polar surface area (TPSA) is 85.2 Å². The molecular weight excluding hydrogens is 368 g/mol. The number of hydrogen-bond donors (Lipinski definition) is 1. The third-order valence-corrected chi connectivity index (χ3v) is 5.52. The molecule has 2 aliphatic heterocycles. The number of amides is 2. The Morgan fingerprint density at radius 1 is 1.33 bits per heavy atom. The van der Waals surface area contributed by atoms with Gasteiger partial charge in [-0.15, -0.1) is 11.3 Å². The van der Waals surface area contributed by atoms with Crippen molar-refractivity contribution in [2.45, 2.75) is 13.0 Å². The van der Waals surface area contributed by atoms with Crippen LogP contribution >= 0.6 is 11.3 Å². The van der Waals surface area contributed by atoms with E-state index in [1.807, 2.05) is 28.2 Å². The van der Waals surface area contributed by atoms with E-state index in [2.05, 4.69) is 10.3 Å². The monoisotopic (exact) mass is 384 g/mol. The zero-order valence-corrected chi connectivity index (χ0v) is 15.1. The number of carbonyl (C=O) groups excluding carboxylic acids is 2. The van der Waals surface area contributed by atoms with Crippen molar-refractivity contribution >= 4 is 33.8 Å². The minimum atomic E-state index is -0.383. The molecule has 1 saturated heterocycles. The fourth-order valence-electron chi connectivity index (χ4n) is 3.37. The third-order valence-electron chi connectivity index (χ3n) is 4.75. The Morgan fingerprint density at radius 3 is 3.11 bits per heavy atom. The summed E-state index contributed by atoms with van der Waals surface area (Å²) in [6.45, 7) is 0.883. The molecule has 1 aromatic carbocycles. The van der Waals surface area contributed by atoms with E-state index in [0.717, 1.165) is 10.7 Å². The van der Waals surface area contributed by atoms with Gasteiger partial charge in [-0.1, -0.05) is 0 Å². The molecule has 1 fully saturated rings. The molecule has 2 aliphatic rings. The first-order valence-electron chi connectivity index (χ1n) is 8.56. The molecule has 0 saturated carbocycles. The summed E-state index contributed by atoms with van der Waals surface area (Å²) in [6.07, 6.45) is 4.01. The van der Waals surface area contributed by atoms with Crippen LogP contribution in [0.1, 0.15) is 12.1 Å². The molecule has 138 valence electrons. The zero-order chi connectivity index (χ0) is 18.4. The van der Waals surface area contributed by atoms with Gasteiger partial charge in [0.1, 0.15) is 0 Å². The van der Waals surface area contributed by atoms with Crippen LogP contribution < -0.4 is 19.7 Å². The van der Waals surface area contributed by atoms with E-state index in [4.69, 9.17) is 9.47 Å². The molecule has 0 radical (unpaired) electrons. The van der Waals surface area contributed by atoms with E-state index in [-0.39, 0.29) is 30.9 Å². The maximum atomic E-state index is 12.5.